The van der Waals surface area contributed by atoms with Crippen LogP contribution in [0.2, 0.25) is 0 Å². The van der Waals surface area contributed by atoms with E-state index >= 15 is 0 Å². The first-order valence-corrected chi connectivity index (χ1v) is 7.47. The molecule has 2 N–H and O–H groups in total. The standard InChI is InChI=1S/C13H18N4S/c1-8-9(2)17(5-10-3-4-18-6-10)13-11(8)12(14)15-7-16-13/h7,10H,3-6H2,1-2H3,(H2,14,15,16). The van der Waals surface area contributed by atoms with Gasteiger partial charge in [0.05, 0.1) is 5.39 Å². The summed E-state index contributed by atoms with van der Waals surface area (Å²) in [5, 5.41) is 1.03. The summed E-state index contributed by atoms with van der Waals surface area (Å²) in [6, 6.07) is 0. The molecule has 2 aromatic heterocycles. The zero-order chi connectivity index (χ0) is 12.7. The minimum absolute atomic E-state index is 0.597. The van der Waals surface area contributed by atoms with E-state index in [1.165, 1.54) is 29.2 Å². The quantitative estimate of drug-likeness (QED) is 0.903. The van der Waals surface area contributed by atoms with Crippen molar-refractivity contribution in [2.45, 2.75) is 26.8 Å². The van der Waals surface area contributed by atoms with Crippen LogP contribution in [-0.2, 0) is 6.54 Å². The summed E-state index contributed by atoms with van der Waals surface area (Å²) < 4.78 is 2.32. The predicted molar refractivity (Wildman–Crippen MR) is 76.8 cm³/mol. The van der Waals surface area contributed by atoms with Gasteiger partial charge in [-0.15, -0.1) is 0 Å². The Hall–Kier alpha value is -1.23. The molecule has 1 aliphatic rings. The molecular weight excluding hydrogens is 244 g/mol. The fraction of sp³-hybridized carbons (Fsp3) is 0.538. The number of fused-ring (bicyclic) bond motifs is 1. The molecule has 1 unspecified atom stereocenters. The number of nitrogen functional groups attached to an aromatic ring is 1. The zero-order valence-electron chi connectivity index (χ0n) is 10.8. The van der Waals surface area contributed by atoms with E-state index in [9.17, 15) is 0 Å². The Balaban J connectivity index is 2.10. The highest BCUT2D eigenvalue weighted by molar-refractivity contribution is 7.99. The maximum Gasteiger partial charge on any atom is 0.145 e. The fourth-order valence-electron chi connectivity index (χ4n) is 2.70. The zero-order valence-corrected chi connectivity index (χ0v) is 11.6. The van der Waals surface area contributed by atoms with Crippen molar-refractivity contribution in [2.24, 2.45) is 5.92 Å². The van der Waals surface area contributed by atoms with Crippen LogP contribution in [0, 0.1) is 19.8 Å². The summed E-state index contributed by atoms with van der Waals surface area (Å²) in [5.41, 5.74) is 9.46. The molecule has 0 bridgehead atoms. The van der Waals surface area contributed by atoms with Gasteiger partial charge in [-0.25, -0.2) is 9.97 Å². The van der Waals surface area contributed by atoms with Gasteiger partial charge < -0.3 is 10.3 Å². The number of hydrogen-bond acceptors (Lipinski definition) is 4. The van der Waals surface area contributed by atoms with Crippen LogP contribution in [-0.4, -0.2) is 26.0 Å². The van der Waals surface area contributed by atoms with Gasteiger partial charge in [-0.3, -0.25) is 0 Å². The molecule has 3 rings (SSSR count). The van der Waals surface area contributed by atoms with E-state index in [0.29, 0.717) is 5.82 Å². The number of hydrogen-bond donors (Lipinski definition) is 1. The number of rotatable bonds is 2. The van der Waals surface area contributed by atoms with Crippen molar-refractivity contribution in [3.05, 3.63) is 17.6 Å². The van der Waals surface area contributed by atoms with Crippen molar-refractivity contribution in [3.8, 4) is 0 Å². The first kappa shape index (κ1) is 11.8. The lowest BCUT2D eigenvalue weighted by Crippen LogP contribution is -2.11. The Labute approximate surface area is 111 Å². The lowest BCUT2D eigenvalue weighted by atomic mass is 10.1. The molecule has 0 spiro atoms. The second-order valence-electron chi connectivity index (χ2n) is 5.01. The molecule has 0 amide bonds. The van der Waals surface area contributed by atoms with E-state index in [0.717, 1.165) is 23.5 Å². The minimum atomic E-state index is 0.597. The van der Waals surface area contributed by atoms with Gasteiger partial charge in [0.25, 0.3) is 0 Å². The highest BCUT2D eigenvalue weighted by atomic mass is 32.2. The van der Waals surface area contributed by atoms with Crippen LogP contribution < -0.4 is 5.73 Å². The van der Waals surface area contributed by atoms with Gasteiger partial charge in [-0.1, -0.05) is 0 Å². The van der Waals surface area contributed by atoms with Gasteiger partial charge in [-0.2, -0.15) is 11.8 Å². The molecule has 0 saturated carbocycles. The van der Waals surface area contributed by atoms with Gasteiger partial charge in [0.1, 0.15) is 17.8 Å². The van der Waals surface area contributed by atoms with Gasteiger partial charge in [0.15, 0.2) is 0 Å². The SMILES string of the molecule is Cc1c(C)n(CC2CCSC2)c2ncnc(N)c12. The van der Waals surface area contributed by atoms with Gasteiger partial charge >= 0.3 is 0 Å². The van der Waals surface area contributed by atoms with Gasteiger partial charge in [0.2, 0.25) is 0 Å². The third-order valence-electron chi connectivity index (χ3n) is 3.90. The minimum Gasteiger partial charge on any atom is -0.383 e. The van der Waals surface area contributed by atoms with Crippen molar-refractivity contribution in [1.82, 2.24) is 14.5 Å². The van der Waals surface area contributed by atoms with Crippen LogP contribution in [0.1, 0.15) is 17.7 Å². The van der Waals surface area contributed by atoms with Crippen LogP contribution in [0.15, 0.2) is 6.33 Å². The molecule has 2 aromatic rings. The normalized spacial score (nSPS) is 19.8. The Kier molecular flexibility index (Phi) is 2.93. The number of aryl methyl sites for hydroxylation is 1. The van der Waals surface area contributed by atoms with Crippen LogP contribution >= 0.6 is 11.8 Å². The summed E-state index contributed by atoms with van der Waals surface area (Å²) in [6.07, 6.45) is 2.87. The summed E-state index contributed by atoms with van der Waals surface area (Å²) >= 11 is 2.05. The summed E-state index contributed by atoms with van der Waals surface area (Å²) in [7, 11) is 0. The largest absolute Gasteiger partial charge is 0.383 e. The second-order valence-corrected chi connectivity index (χ2v) is 6.16. The van der Waals surface area contributed by atoms with E-state index in [1.807, 2.05) is 0 Å². The van der Waals surface area contributed by atoms with Crippen LogP contribution in [0.25, 0.3) is 11.0 Å². The number of anilines is 1. The van der Waals surface area contributed by atoms with Crippen molar-refractivity contribution in [2.75, 3.05) is 17.2 Å². The molecule has 1 atom stereocenters. The Bertz CT molecular complexity index is 584. The molecule has 3 heterocycles. The topological polar surface area (TPSA) is 56.7 Å². The lowest BCUT2D eigenvalue weighted by Gasteiger charge is -2.12. The van der Waals surface area contributed by atoms with E-state index in [2.05, 4.69) is 40.1 Å². The van der Waals surface area contributed by atoms with E-state index < -0.39 is 0 Å². The number of nitrogens with zero attached hydrogens (tertiary/aromatic N) is 3. The molecule has 1 aliphatic heterocycles. The maximum atomic E-state index is 5.98. The fourth-order valence-corrected chi connectivity index (χ4v) is 3.98. The molecule has 0 aromatic carbocycles. The smallest absolute Gasteiger partial charge is 0.145 e. The lowest BCUT2D eigenvalue weighted by molar-refractivity contribution is 0.494. The number of thioether (sulfide) groups is 1. The summed E-state index contributed by atoms with van der Waals surface area (Å²) in [6.45, 7) is 5.31. The molecule has 1 saturated heterocycles. The predicted octanol–water partition coefficient (Wildman–Crippen LogP) is 2.38. The van der Waals surface area contributed by atoms with E-state index in [1.54, 1.807) is 6.33 Å². The molecular formula is C13H18N4S. The molecule has 1 fully saturated rings. The number of aromatic nitrogens is 3. The van der Waals surface area contributed by atoms with E-state index in [4.69, 9.17) is 5.73 Å². The van der Waals surface area contributed by atoms with Crippen molar-refractivity contribution >= 4 is 28.6 Å². The molecule has 0 radical (unpaired) electrons. The highest BCUT2D eigenvalue weighted by Gasteiger charge is 2.20. The first-order valence-electron chi connectivity index (χ1n) is 6.32. The summed E-state index contributed by atoms with van der Waals surface area (Å²) in [4.78, 5) is 8.53. The molecule has 4 nitrogen and oxygen atoms in total. The van der Waals surface area contributed by atoms with Crippen molar-refractivity contribution in [3.63, 3.8) is 0 Å². The van der Waals surface area contributed by atoms with Crippen LogP contribution in [0.4, 0.5) is 5.82 Å². The molecule has 96 valence electrons. The average molecular weight is 262 g/mol. The molecule has 5 heteroatoms. The van der Waals surface area contributed by atoms with Gasteiger partial charge in [0, 0.05) is 12.2 Å². The van der Waals surface area contributed by atoms with Crippen LogP contribution in [0.5, 0.6) is 0 Å². The van der Waals surface area contributed by atoms with Crippen molar-refractivity contribution < 1.29 is 0 Å². The van der Waals surface area contributed by atoms with Crippen LogP contribution in [0.3, 0.4) is 0 Å². The molecule has 0 aliphatic carbocycles. The van der Waals surface area contributed by atoms with E-state index in [-0.39, 0.29) is 0 Å². The third kappa shape index (κ3) is 1.77. The second kappa shape index (κ2) is 4.46. The molecule has 18 heavy (non-hydrogen) atoms. The monoisotopic (exact) mass is 262 g/mol. The van der Waals surface area contributed by atoms with Gasteiger partial charge in [-0.05, 0) is 43.3 Å². The summed E-state index contributed by atoms with van der Waals surface area (Å²) in [5.74, 6) is 3.91. The highest BCUT2D eigenvalue weighted by Crippen LogP contribution is 2.30. The number of nitrogens with two attached hydrogens (primary N) is 1. The average Bonchev–Trinajstić information content (AvgIpc) is 2.94. The Morgan fingerprint density at radius 2 is 2.28 bits per heavy atom. The van der Waals surface area contributed by atoms with Crippen molar-refractivity contribution in [1.29, 1.82) is 0 Å². The Morgan fingerprint density at radius 3 is 3.00 bits per heavy atom. The maximum absolute atomic E-state index is 5.98. The Morgan fingerprint density at radius 1 is 1.44 bits per heavy atom. The third-order valence-corrected chi connectivity index (χ3v) is 5.13. The first-order chi connectivity index (χ1) is 8.68.